The third-order valence-corrected chi connectivity index (χ3v) is 2.63. The molecule has 1 N–H and O–H groups in total. The summed E-state index contributed by atoms with van der Waals surface area (Å²) in [5, 5.41) is 4.36. The molecule has 0 radical (unpaired) electrons. The summed E-state index contributed by atoms with van der Waals surface area (Å²) in [7, 11) is 0. The van der Waals surface area contributed by atoms with Gasteiger partial charge in [0.05, 0.1) is 30.1 Å². The molecule has 1 aromatic carbocycles. The van der Waals surface area contributed by atoms with E-state index in [4.69, 9.17) is 0 Å². The summed E-state index contributed by atoms with van der Waals surface area (Å²) in [6.07, 6.45) is 1.75. The summed E-state index contributed by atoms with van der Waals surface area (Å²) in [6, 6.07) is 12.6. The molecule has 1 atom stereocenters. The van der Waals surface area contributed by atoms with Gasteiger partial charge in [0.15, 0.2) is 0 Å². The zero-order valence-electron chi connectivity index (χ0n) is 8.22. The minimum absolute atomic E-state index is 0.245. The lowest BCUT2D eigenvalue weighted by atomic mass is 10.1. The maximum Gasteiger partial charge on any atom is 0.0889 e. The molecule has 3 rings (SSSR count). The second kappa shape index (κ2) is 3.35. The summed E-state index contributed by atoms with van der Waals surface area (Å²) in [6.45, 7) is 0.783. The van der Waals surface area contributed by atoms with Gasteiger partial charge in [-0.2, -0.15) is 0 Å². The first-order valence-electron chi connectivity index (χ1n) is 5.03. The molecule has 2 heterocycles. The van der Waals surface area contributed by atoms with E-state index in [0.29, 0.717) is 0 Å². The third-order valence-electron chi connectivity index (χ3n) is 2.63. The number of nitrogens with zero attached hydrogens (tertiary/aromatic N) is 2. The van der Waals surface area contributed by atoms with Crippen LogP contribution in [0.15, 0.2) is 41.4 Å². The van der Waals surface area contributed by atoms with Gasteiger partial charge >= 0.3 is 0 Å². The van der Waals surface area contributed by atoms with E-state index < -0.39 is 0 Å². The third kappa shape index (κ3) is 1.46. The Kier molecular flexibility index (Phi) is 1.88. The molecule has 15 heavy (non-hydrogen) atoms. The van der Waals surface area contributed by atoms with Crippen molar-refractivity contribution in [3.8, 4) is 0 Å². The van der Waals surface area contributed by atoms with Gasteiger partial charge in [0.2, 0.25) is 0 Å². The number of aromatic nitrogens is 1. The fourth-order valence-electron chi connectivity index (χ4n) is 1.81. The van der Waals surface area contributed by atoms with E-state index in [-0.39, 0.29) is 6.04 Å². The SMILES string of the molecule is C1=NCC(c2ccc3ccccc3n2)N1. The second-order valence-electron chi connectivity index (χ2n) is 3.64. The molecular weight excluding hydrogens is 186 g/mol. The molecule has 3 nitrogen and oxygen atoms in total. The zero-order valence-corrected chi connectivity index (χ0v) is 8.22. The number of nitrogens with one attached hydrogen (secondary N) is 1. The summed E-state index contributed by atoms with van der Waals surface area (Å²) in [4.78, 5) is 8.76. The van der Waals surface area contributed by atoms with Crippen LogP contribution in [0.2, 0.25) is 0 Å². The van der Waals surface area contributed by atoms with Crippen LogP contribution in [-0.2, 0) is 0 Å². The average molecular weight is 197 g/mol. The Balaban J connectivity index is 2.06. The van der Waals surface area contributed by atoms with Crippen LogP contribution in [0.1, 0.15) is 11.7 Å². The number of pyridine rings is 1. The van der Waals surface area contributed by atoms with Crippen molar-refractivity contribution in [1.82, 2.24) is 10.3 Å². The number of fused-ring (bicyclic) bond motifs is 1. The Labute approximate surface area is 87.9 Å². The number of rotatable bonds is 1. The molecule has 0 fully saturated rings. The maximum absolute atomic E-state index is 4.61. The van der Waals surface area contributed by atoms with Gasteiger partial charge in [-0.1, -0.05) is 24.3 Å². The molecule has 74 valence electrons. The van der Waals surface area contributed by atoms with Gasteiger partial charge in [-0.15, -0.1) is 0 Å². The van der Waals surface area contributed by atoms with Crippen molar-refractivity contribution in [3.05, 3.63) is 42.1 Å². The molecule has 2 aromatic rings. The molecule has 3 heteroatoms. The molecule has 0 aliphatic carbocycles. The number of aliphatic imine (C=N–C) groups is 1. The predicted octanol–water partition coefficient (Wildman–Crippen LogP) is 1.91. The van der Waals surface area contributed by atoms with Gasteiger partial charge < -0.3 is 5.32 Å². The maximum atomic E-state index is 4.61. The van der Waals surface area contributed by atoms with Gasteiger partial charge in [0.25, 0.3) is 0 Å². The Morgan fingerprint density at radius 2 is 2.07 bits per heavy atom. The molecule has 0 bridgehead atoms. The van der Waals surface area contributed by atoms with Crippen molar-refractivity contribution in [2.75, 3.05) is 6.54 Å². The van der Waals surface area contributed by atoms with Gasteiger partial charge in [0.1, 0.15) is 0 Å². The molecule has 1 aliphatic heterocycles. The van der Waals surface area contributed by atoms with Crippen LogP contribution in [0.4, 0.5) is 0 Å². The summed E-state index contributed by atoms with van der Waals surface area (Å²) < 4.78 is 0. The van der Waals surface area contributed by atoms with E-state index in [1.807, 2.05) is 18.2 Å². The number of hydrogen-bond acceptors (Lipinski definition) is 3. The predicted molar refractivity (Wildman–Crippen MR) is 61.0 cm³/mol. The van der Waals surface area contributed by atoms with Gasteiger partial charge in [0, 0.05) is 5.39 Å². The minimum Gasteiger partial charge on any atom is -0.366 e. The van der Waals surface area contributed by atoms with Gasteiger partial charge in [-0.05, 0) is 12.1 Å². The van der Waals surface area contributed by atoms with Crippen molar-refractivity contribution in [3.63, 3.8) is 0 Å². The smallest absolute Gasteiger partial charge is 0.0889 e. The summed E-state index contributed by atoms with van der Waals surface area (Å²) in [5.41, 5.74) is 2.11. The first-order valence-corrected chi connectivity index (χ1v) is 5.03. The van der Waals surface area contributed by atoms with Crippen LogP contribution in [0.5, 0.6) is 0 Å². The Morgan fingerprint density at radius 3 is 2.93 bits per heavy atom. The first-order chi connectivity index (χ1) is 7.43. The van der Waals surface area contributed by atoms with Gasteiger partial charge in [-0.3, -0.25) is 9.98 Å². The summed E-state index contributed by atoms with van der Waals surface area (Å²) >= 11 is 0. The standard InChI is InChI=1S/C12H11N3/c1-2-4-10-9(3-1)5-6-11(15-10)12-7-13-8-14-12/h1-6,8,12H,7H2,(H,13,14). The van der Waals surface area contributed by atoms with Gasteiger partial charge in [-0.25, -0.2) is 0 Å². The lowest BCUT2D eigenvalue weighted by molar-refractivity contribution is 0.691. The normalized spacial score (nSPS) is 19.3. The average Bonchev–Trinajstić information content (AvgIpc) is 2.82. The topological polar surface area (TPSA) is 37.3 Å². The summed E-state index contributed by atoms with van der Waals surface area (Å²) in [5.74, 6) is 0. The van der Waals surface area contributed by atoms with Crippen molar-refractivity contribution in [1.29, 1.82) is 0 Å². The van der Waals surface area contributed by atoms with Crippen molar-refractivity contribution < 1.29 is 0 Å². The van der Waals surface area contributed by atoms with Crippen LogP contribution >= 0.6 is 0 Å². The van der Waals surface area contributed by atoms with E-state index in [2.05, 4.69) is 33.5 Å². The number of para-hydroxylation sites is 1. The minimum atomic E-state index is 0.245. The Morgan fingerprint density at radius 1 is 1.13 bits per heavy atom. The monoisotopic (exact) mass is 197 g/mol. The molecular formula is C12H11N3. The lowest BCUT2D eigenvalue weighted by Crippen LogP contribution is -2.16. The number of benzene rings is 1. The second-order valence-corrected chi connectivity index (χ2v) is 3.64. The van der Waals surface area contributed by atoms with Crippen LogP contribution in [0, 0.1) is 0 Å². The Hall–Kier alpha value is -1.90. The molecule has 0 saturated heterocycles. The van der Waals surface area contributed by atoms with Crippen LogP contribution < -0.4 is 5.32 Å². The Bertz CT molecular complexity index is 511. The van der Waals surface area contributed by atoms with E-state index in [9.17, 15) is 0 Å². The number of hydrogen-bond donors (Lipinski definition) is 1. The largest absolute Gasteiger partial charge is 0.366 e. The van der Waals surface area contributed by atoms with Crippen LogP contribution in [0.3, 0.4) is 0 Å². The zero-order chi connectivity index (χ0) is 10.1. The molecule has 1 aliphatic rings. The van der Waals surface area contributed by atoms with Crippen molar-refractivity contribution in [2.24, 2.45) is 4.99 Å². The van der Waals surface area contributed by atoms with Crippen molar-refractivity contribution >= 4 is 17.2 Å². The van der Waals surface area contributed by atoms with E-state index in [1.165, 1.54) is 5.39 Å². The van der Waals surface area contributed by atoms with E-state index >= 15 is 0 Å². The molecule has 1 unspecified atom stereocenters. The fraction of sp³-hybridized carbons (Fsp3) is 0.167. The van der Waals surface area contributed by atoms with E-state index in [1.54, 1.807) is 6.34 Å². The fourth-order valence-corrected chi connectivity index (χ4v) is 1.81. The highest BCUT2D eigenvalue weighted by atomic mass is 15.1. The molecule has 0 spiro atoms. The highest BCUT2D eigenvalue weighted by molar-refractivity contribution is 5.78. The molecule has 0 amide bonds. The van der Waals surface area contributed by atoms with Crippen molar-refractivity contribution in [2.45, 2.75) is 6.04 Å². The molecule has 1 aromatic heterocycles. The quantitative estimate of drug-likeness (QED) is 0.758. The van der Waals surface area contributed by atoms with E-state index in [0.717, 1.165) is 17.8 Å². The molecule has 0 saturated carbocycles. The lowest BCUT2D eigenvalue weighted by Gasteiger charge is -2.09. The van der Waals surface area contributed by atoms with Crippen LogP contribution in [-0.4, -0.2) is 17.9 Å². The highest BCUT2D eigenvalue weighted by Crippen LogP contribution is 2.17. The first kappa shape index (κ1) is 8.41. The highest BCUT2D eigenvalue weighted by Gasteiger charge is 2.14. The van der Waals surface area contributed by atoms with Crippen LogP contribution in [0.25, 0.3) is 10.9 Å².